The molecule has 2 aliphatic rings. The highest BCUT2D eigenvalue weighted by atomic mass is 16.2. The summed E-state index contributed by atoms with van der Waals surface area (Å²) in [6.45, 7) is 1.29. The van der Waals surface area contributed by atoms with Crippen molar-refractivity contribution in [1.82, 2.24) is 20.5 Å². The summed E-state index contributed by atoms with van der Waals surface area (Å²) < 4.78 is 0. The molecule has 0 saturated carbocycles. The number of pyridine rings is 1. The van der Waals surface area contributed by atoms with E-state index in [1.54, 1.807) is 12.1 Å². The molecule has 1 saturated heterocycles. The molecule has 0 spiro atoms. The fourth-order valence-electron chi connectivity index (χ4n) is 6.96. The number of imide groups is 2. The summed E-state index contributed by atoms with van der Waals surface area (Å²) >= 11 is 0. The lowest BCUT2D eigenvalue weighted by molar-refractivity contribution is -0.136. The van der Waals surface area contributed by atoms with E-state index in [4.69, 9.17) is 5.73 Å². The Morgan fingerprint density at radius 2 is 1.53 bits per heavy atom. The molecule has 0 aliphatic carbocycles. The maximum Gasteiger partial charge on any atom is 0.264 e. The largest absolute Gasteiger partial charge is 0.385 e. The van der Waals surface area contributed by atoms with Crippen LogP contribution in [0.1, 0.15) is 95.3 Å². The van der Waals surface area contributed by atoms with Crippen molar-refractivity contribution < 1.29 is 28.8 Å². The minimum atomic E-state index is -1.05. The first-order valence-electron chi connectivity index (χ1n) is 18.8. The first kappa shape index (κ1) is 38.4. The molecule has 14 nitrogen and oxygen atoms in total. The Kier molecular flexibility index (Phi) is 12.7. The predicted octanol–water partition coefficient (Wildman–Crippen LogP) is 5.24. The maximum atomic E-state index is 13.2. The molecule has 55 heavy (non-hydrogen) atoms. The molecule has 0 radical (unpaired) electrons. The van der Waals surface area contributed by atoms with Crippen LogP contribution in [-0.4, -0.2) is 71.0 Å². The van der Waals surface area contributed by atoms with E-state index in [1.165, 1.54) is 12.3 Å². The molecule has 7 N–H and O–H groups in total. The van der Waals surface area contributed by atoms with Gasteiger partial charge in [-0.1, -0.05) is 62.8 Å². The van der Waals surface area contributed by atoms with Crippen molar-refractivity contribution in [2.45, 2.75) is 70.3 Å². The summed E-state index contributed by atoms with van der Waals surface area (Å²) in [6, 6.07) is 19.3. The number of unbranched alkanes of at least 4 members (excludes halogenated alkanes) is 7. The molecule has 1 atom stereocenters. The average molecular weight is 747 g/mol. The number of rotatable bonds is 19. The summed E-state index contributed by atoms with van der Waals surface area (Å²) in [5.74, 6) is -3.09. The van der Waals surface area contributed by atoms with Crippen molar-refractivity contribution in [1.29, 1.82) is 0 Å². The van der Waals surface area contributed by atoms with Crippen LogP contribution >= 0.6 is 0 Å². The number of nitrogens with zero attached hydrogens (tertiary/aromatic N) is 2. The number of fused-ring (bicyclic) bond motifs is 2. The number of benzene rings is 3. The molecule has 14 heteroatoms. The Balaban J connectivity index is 0.840. The molecule has 1 aromatic heterocycles. The second kappa shape index (κ2) is 18.1. The van der Waals surface area contributed by atoms with Crippen LogP contribution in [0.25, 0.3) is 10.9 Å². The van der Waals surface area contributed by atoms with E-state index in [1.807, 2.05) is 48.5 Å². The van der Waals surface area contributed by atoms with Gasteiger partial charge in [-0.2, -0.15) is 0 Å². The van der Waals surface area contributed by atoms with Crippen molar-refractivity contribution in [3.05, 3.63) is 89.6 Å². The minimum absolute atomic E-state index is 0.0418. The van der Waals surface area contributed by atoms with Crippen LogP contribution in [0.2, 0.25) is 0 Å². The van der Waals surface area contributed by atoms with Gasteiger partial charge in [0, 0.05) is 48.2 Å². The summed E-state index contributed by atoms with van der Waals surface area (Å²) in [4.78, 5) is 80.2. The number of aromatic nitrogens is 1. The smallest absolute Gasteiger partial charge is 0.264 e. The van der Waals surface area contributed by atoms with E-state index in [9.17, 15) is 28.8 Å². The first-order valence-corrected chi connectivity index (χ1v) is 18.8. The SMILES string of the molecule is NC(=O)c1cnc2ccc(NCCCCCCCCCCNC(=O)CNc3cccc4c3C(=O)N(C3CCC(=O)NC3=O)C4=O)cc2c1Nc1ccccc1. The summed E-state index contributed by atoms with van der Waals surface area (Å²) in [5, 5.41) is 15.7. The quantitative estimate of drug-likeness (QED) is 0.0544. The molecule has 1 unspecified atom stereocenters. The Labute approximate surface area is 319 Å². The van der Waals surface area contributed by atoms with E-state index in [0.29, 0.717) is 23.5 Å². The molecule has 6 rings (SSSR count). The number of nitrogens with one attached hydrogen (secondary N) is 5. The van der Waals surface area contributed by atoms with Gasteiger partial charge >= 0.3 is 0 Å². The zero-order valence-corrected chi connectivity index (χ0v) is 30.6. The van der Waals surface area contributed by atoms with Crippen molar-refractivity contribution in [2.75, 3.05) is 35.6 Å². The first-order chi connectivity index (χ1) is 26.7. The number of amides is 6. The van der Waals surface area contributed by atoms with Gasteiger partial charge in [-0.05, 0) is 61.7 Å². The topological polar surface area (TPSA) is 205 Å². The lowest BCUT2D eigenvalue weighted by atomic mass is 10.0. The maximum absolute atomic E-state index is 13.2. The number of para-hydroxylation sites is 1. The zero-order chi connectivity index (χ0) is 38.7. The molecule has 3 heterocycles. The molecule has 1 fully saturated rings. The number of piperidine rings is 1. The second-order valence-corrected chi connectivity index (χ2v) is 13.8. The zero-order valence-electron chi connectivity index (χ0n) is 30.6. The van der Waals surface area contributed by atoms with Crippen LogP contribution in [0, 0.1) is 0 Å². The number of primary amides is 1. The third kappa shape index (κ3) is 9.44. The summed E-state index contributed by atoms with van der Waals surface area (Å²) in [6.07, 6.45) is 10.1. The average Bonchev–Trinajstić information content (AvgIpc) is 3.43. The van der Waals surface area contributed by atoms with Crippen LogP contribution in [0.15, 0.2) is 72.9 Å². The molecular formula is C41H46N8O6. The normalized spacial score (nSPS) is 15.1. The molecule has 0 bridgehead atoms. The molecule has 4 aromatic rings. The van der Waals surface area contributed by atoms with Crippen molar-refractivity contribution >= 4 is 69.1 Å². The van der Waals surface area contributed by atoms with Gasteiger partial charge in [0.2, 0.25) is 17.7 Å². The number of hydrogen-bond acceptors (Lipinski definition) is 10. The van der Waals surface area contributed by atoms with Gasteiger partial charge in [-0.15, -0.1) is 0 Å². The third-order valence-electron chi connectivity index (χ3n) is 9.84. The van der Waals surface area contributed by atoms with E-state index >= 15 is 0 Å². The Morgan fingerprint density at radius 1 is 0.800 bits per heavy atom. The lowest BCUT2D eigenvalue weighted by Gasteiger charge is -2.27. The fourth-order valence-corrected chi connectivity index (χ4v) is 6.96. The fraction of sp³-hybridized carbons (Fsp3) is 0.341. The van der Waals surface area contributed by atoms with Crippen molar-refractivity contribution in [3.63, 3.8) is 0 Å². The molecule has 286 valence electrons. The van der Waals surface area contributed by atoms with E-state index in [-0.39, 0.29) is 36.4 Å². The number of hydrogen-bond donors (Lipinski definition) is 6. The minimum Gasteiger partial charge on any atom is -0.385 e. The molecule has 2 aliphatic heterocycles. The van der Waals surface area contributed by atoms with Gasteiger partial charge in [0.25, 0.3) is 17.7 Å². The number of anilines is 4. The third-order valence-corrected chi connectivity index (χ3v) is 9.84. The van der Waals surface area contributed by atoms with Crippen molar-refractivity contribution in [2.24, 2.45) is 5.73 Å². The Bertz CT molecular complexity index is 2090. The van der Waals surface area contributed by atoms with Crippen molar-refractivity contribution in [3.8, 4) is 0 Å². The summed E-state index contributed by atoms with van der Waals surface area (Å²) in [7, 11) is 0. The monoisotopic (exact) mass is 746 g/mol. The van der Waals surface area contributed by atoms with E-state index in [2.05, 4.69) is 31.6 Å². The van der Waals surface area contributed by atoms with Gasteiger partial charge in [-0.25, -0.2) is 0 Å². The van der Waals surface area contributed by atoms with Gasteiger partial charge in [0.05, 0.1) is 34.4 Å². The second-order valence-electron chi connectivity index (χ2n) is 13.8. The van der Waals surface area contributed by atoms with Gasteiger partial charge in [-0.3, -0.25) is 44.0 Å². The number of nitrogens with two attached hydrogens (primary N) is 1. The van der Waals surface area contributed by atoms with Gasteiger partial charge in [0.1, 0.15) is 6.04 Å². The van der Waals surface area contributed by atoms with Crippen LogP contribution in [0.4, 0.5) is 22.7 Å². The lowest BCUT2D eigenvalue weighted by Crippen LogP contribution is -2.54. The van der Waals surface area contributed by atoms with Crippen LogP contribution in [-0.2, 0) is 14.4 Å². The molecule has 3 aromatic carbocycles. The Hall–Kier alpha value is -6.31. The van der Waals surface area contributed by atoms with E-state index < -0.39 is 35.6 Å². The van der Waals surface area contributed by atoms with E-state index in [0.717, 1.165) is 85.1 Å². The van der Waals surface area contributed by atoms with Crippen LogP contribution < -0.4 is 32.3 Å². The highest BCUT2D eigenvalue weighted by molar-refractivity contribution is 6.25. The van der Waals surface area contributed by atoms with Gasteiger partial charge in [0.15, 0.2) is 0 Å². The van der Waals surface area contributed by atoms with Gasteiger partial charge < -0.3 is 27.0 Å². The highest BCUT2D eigenvalue weighted by Crippen LogP contribution is 2.33. The predicted molar refractivity (Wildman–Crippen MR) is 210 cm³/mol. The van der Waals surface area contributed by atoms with Crippen LogP contribution in [0.5, 0.6) is 0 Å². The summed E-state index contributed by atoms with van der Waals surface area (Å²) in [5.41, 5.74) is 9.83. The number of carbonyl (C=O) groups is 6. The standard InChI is InChI=1S/C41H46N8O6/c42-38(52)30-24-45-31-18-17-27(23-29(31)37(30)47-26-13-8-7-9-14-26)43-21-10-5-3-1-2-4-6-11-22-44-35(51)25-46-32-16-12-15-28-36(32)41(55)49(40(28)54)33-19-20-34(50)48-39(33)53/h7-9,12-18,23-24,33,43,46H,1-6,10-11,19-22,25H2,(H2,42,52)(H,44,51)(H,45,47)(H,48,50,53). The highest BCUT2D eigenvalue weighted by Gasteiger charge is 2.45. The Morgan fingerprint density at radius 3 is 2.25 bits per heavy atom. The molecular weight excluding hydrogens is 701 g/mol. The molecule has 6 amide bonds. The number of carbonyl (C=O) groups excluding carboxylic acids is 6. The van der Waals surface area contributed by atoms with Crippen LogP contribution in [0.3, 0.4) is 0 Å².